The van der Waals surface area contributed by atoms with Crippen molar-refractivity contribution < 1.29 is 41.8 Å². The average molecular weight is 256 g/mol. The van der Waals surface area contributed by atoms with Crippen LogP contribution in [-0.4, -0.2) is 41.2 Å². The molecule has 0 aliphatic carbocycles. The predicted octanol–water partition coefficient (Wildman–Crippen LogP) is 0.497. The first-order chi connectivity index (χ1) is 6.66. The van der Waals surface area contributed by atoms with E-state index in [2.05, 4.69) is 4.99 Å². The number of rotatable bonds is 1. The van der Waals surface area contributed by atoms with Crippen molar-refractivity contribution in [1.82, 2.24) is 0 Å². The standard InChI is InChI=1S/C3H4NO.3C2H6O.Ti/c1-2-4-3-5;3*1-2-3;/h2H,1H3;3*3H,2H2,1H3;/q-1;;;;. The molecule has 0 saturated carbocycles. The second kappa shape index (κ2) is 66.9. The average Bonchev–Trinajstić information content (AvgIpc) is 2.09. The molecule has 0 rings (SSSR count). The Morgan fingerprint density at radius 1 is 1.07 bits per heavy atom. The van der Waals surface area contributed by atoms with Crippen molar-refractivity contribution in [2.75, 3.05) is 19.8 Å². The molecule has 0 fully saturated rings. The van der Waals surface area contributed by atoms with Gasteiger partial charge in [0.15, 0.2) is 0 Å². The number of aliphatic hydroxyl groups is 3. The molecule has 3 N–H and O–H groups in total. The van der Waals surface area contributed by atoms with E-state index in [1.165, 1.54) is 12.6 Å². The van der Waals surface area contributed by atoms with E-state index in [1.54, 1.807) is 27.7 Å². The molecule has 15 heavy (non-hydrogen) atoms. The number of hydrogen-bond acceptors (Lipinski definition) is 5. The summed E-state index contributed by atoms with van der Waals surface area (Å²) < 4.78 is 0. The monoisotopic (exact) mass is 256 g/mol. The Bertz CT molecular complexity index is 93.4. The van der Waals surface area contributed by atoms with Gasteiger partial charge in [0.25, 0.3) is 0 Å². The van der Waals surface area contributed by atoms with Gasteiger partial charge in [0.2, 0.25) is 0 Å². The van der Waals surface area contributed by atoms with E-state index >= 15 is 0 Å². The zero-order valence-corrected chi connectivity index (χ0v) is 11.5. The summed E-state index contributed by atoms with van der Waals surface area (Å²) in [5.74, 6) is 0. The molecule has 0 aromatic carbocycles. The number of isocyanates is 1. The van der Waals surface area contributed by atoms with Crippen LogP contribution in [0.2, 0.25) is 0 Å². The molecule has 0 radical (unpaired) electrons. The maximum absolute atomic E-state index is 9.08. The van der Waals surface area contributed by atoms with Gasteiger partial charge < -0.3 is 25.1 Å². The van der Waals surface area contributed by atoms with Gasteiger partial charge in [0.05, 0.1) is 0 Å². The van der Waals surface area contributed by atoms with Crippen molar-refractivity contribution in [2.45, 2.75) is 27.7 Å². The Kier molecular flexibility index (Phi) is 131. The van der Waals surface area contributed by atoms with Crippen LogP contribution in [0.1, 0.15) is 27.7 Å². The van der Waals surface area contributed by atoms with Gasteiger partial charge in [-0.1, -0.05) is 6.92 Å². The Morgan fingerprint density at radius 3 is 1.27 bits per heavy atom. The molecule has 0 aliphatic heterocycles. The Balaban J connectivity index is -0.0000000300. The van der Waals surface area contributed by atoms with Crippen LogP contribution < -0.4 is 0 Å². The molecule has 0 aromatic rings. The van der Waals surface area contributed by atoms with Gasteiger partial charge in [-0.2, -0.15) is 0 Å². The molecule has 0 aromatic heterocycles. The van der Waals surface area contributed by atoms with E-state index in [4.69, 9.17) is 20.1 Å². The molecule has 0 bridgehead atoms. The molecular weight excluding hydrogens is 234 g/mol. The minimum atomic E-state index is 0. The fourth-order valence-electron chi connectivity index (χ4n) is 0.0527. The van der Waals surface area contributed by atoms with Crippen LogP contribution in [0.4, 0.5) is 0 Å². The van der Waals surface area contributed by atoms with E-state index < -0.39 is 0 Å². The third-order valence-corrected chi connectivity index (χ3v) is 0.182. The first-order valence-corrected chi connectivity index (χ1v) is 4.33. The van der Waals surface area contributed by atoms with Gasteiger partial charge >= 0.3 is 0 Å². The number of carbonyl (C=O) groups excluding carboxylic acids is 1. The van der Waals surface area contributed by atoms with Crippen molar-refractivity contribution >= 4 is 6.08 Å². The van der Waals surface area contributed by atoms with Crippen LogP contribution in [0, 0.1) is 6.54 Å². The second-order valence-corrected chi connectivity index (χ2v) is 1.43. The first-order valence-electron chi connectivity index (χ1n) is 4.33. The predicted molar refractivity (Wildman–Crippen MR) is 56.4 cm³/mol. The maximum atomic E-state index is 9.08. The second-order valence-electron chi connectivity index (χ2n) is 1.43. The summed E-state index contributed by atoms with van der Waals surface area (Å²) in [4.78, 5) is 12.1. The number of nitrogens with zero attached hydrogens (tertiary/aromatic N) is 1. The van der Waals surface area contributed by atoms with Gasteiger partial charge in [-0.05, 0) is 26.9 Å². The first kappa shape index (κ1) is 29.4. The van der Waals surface area contributed by atoms with Crippen LogP contribution >= 0.6 is 0 Å². The van der Waals surface area contributed by atoms with E-state index in [-0.39, 0.29) is 41.5 Å². The SMILES string of the molecule is CCO.CCO.CCO.C[CH-]N=C=O.[Ti]. The van der Waals surface area contributed by atoms with Gasteiger partial charge in [0, 0.05) is 41.5 Å². The Labute approximate surface area is 107 Å². The molecule has 0 saturated heterocycles. The maximum Gasteiger partial charge on any atom is 0.0402 e. The fraction of sp³-hybridized carbons (Fsp3) is 0.778. The summed E-state index contributed by atoms with van der Waals surface area (Å²) in [5, 5.41) is 22.7. The molecule has 5 nitrogen and oxygen atoms in total. The smallest absolute Gasteiger partial charge is 0.0402 e. The zero-order valence-electron chi connectivity index (χ0n) is 9.90. The summed E-state index contributed by atoms with van der Waals surface area (Å²) in [7, 11) is 0. The Morgan fingerprint density at radius 2 is 1.27 bits per heavy atom. The summed E-state index contributed by atoms with van der Waals surface area (Å²) in [6, 6.07) is 0. The molecular formula is C9H22NO4Ti-. The largest absolute Gasteiger partial charge is 0.397 e. The van der Waals surface area contributed by atoms with Crippen LogP contribution in [0.5, 0.6) is 0 Å². The molecule has 92 valence electrons. The van der Waals surface area contributed by atoms with E-state index in [1.807, 2.05) is 0 Å². The topological polar surface area (TPSA) is 90.1 Å². The van der Waals surface area contributed by atoms with Crippen LogP contribution in [0.25, 0.3) is 0 Å². The van der Waals surface area contributed by atoms with E-state index in [0.29, 0.717) is 0 Å². The Hall–Kier alpha value is -0.156. The number of hydrogen-bond donors (Lipinski definition) is 3. The molecule has 0 spiro atoms. The quantitative estimate of drug-likeness (QED) is 0.276. The number of aliphatic imine (C=N–C) groups is 1. The van der Waals surface area contributed by atoms with Crippen LogP contribution in [0.15, 0.2) is 4.99 Å². The van der Waals surface area contributed by atoms with Crippen molar-refractivity contribution in [3.05, 3.63) is 6.54 Å². The molecule has 0 aliphatic rings. The summed E-state index contributed by atoms with van der Waals surface area (Å²) >= 11 is 0. The third kappa shape index (κ3) is 571. The summed E-state index contributed by atoms with van der Waals surface area (Å²) in [6.45, 7) is 8.83. The summed E-state index contributed by atoms with van der Waals surface area (Å²) in [5.41, 5.74) is 0. The van der Waals surface area contributed by atoms with E-state index in [0.717, 1.165) is 0 Å². The van der Waals surface area contributed by atoms with Crippen LogP contribution in [0.3, 0.4) is 0 Å². The zero-order chi connectivity index (χ0) is 12.2. The molecule has 6 heteroatoms. The normalized spacial score (nSPS) is 5.27. The third-order valence-electron chi connectivity index (χ3n) is 0.182. The van der Waals surface area contributed by atoms with Gasteiger partial charge in [-0.25, -0.2) is 0 Å². The number of aliphatic hydroxyl groups excluding tert-OH is 3. The molecule has 0 amide bonds. The van der Waals surface area contributed by atoms with E-state index in [9.17, 15) is 0 Å². The fourth-order valence-corrected chi connectivity index (χ4v) is 0.0527. The molecule has 0 atom stereocenters. The molecule has 0 heterocycles. The minimum Gasteiger partial charge on any atom is -0.397 e. The summed E-state index contributed by atoms with van der Waals surface area (Å²) in [6.07, 6.45) is 1.34. The van der Waals surface area contributed by atoms with Gasteiger partial charge in [0.1, 0.15) is 0 Å². The van der Waals surface area contributed by atoms with Crippen molar-refractivity contribution in [3.8, 4) is 0 Å². The van der Waals surface area contributed by atoms with Crippen molar-refractivity contribution in [1.29, 1.82) is 0 Å². The van der Waals surface area contributed by atoms with Crippen molar-refractivity contribution in [3.63, 3.8) is 0 Å². The van der Waals surface area contributed by atoms with Crippen LogP contribution in [-0.2, 0) is 26.5 Å². The minimum absolute atomic E-state index is 0. The van der Waals surface area contributed by atoms with Crippen molar-refractivity contribution in [2.24, 2.45) is 4.99 Å². The van der Waals surface area contributed by atoms with Gasteiger partial charge in [-0.15, -0.1) is 6.54 Å². The molecule has 0 unspecified atom stereocenters. The van der Waals surface area contributed by atoms with Gasteiger partial charge in [-0.3, -0.25) is 0 Å².